The Morgan fingerprint density at radius 3 is 2.19 bits per heavy atom. The number of carbonyl (C=O) groups is 2. The highest BCUT2D eigenvalue weighted by molar-refractivity contribution is 8.04. The Morgan fingerprint density at radius 1 is 0.871 bits per heavy atom. The van der Waals surface area contributed by atoms with Crippen molar-refractivity contribution in [2.45, 2.75) is 11.3 Å². The van der Waals surface area contributed by atoms with Gasteiger partial charge in [-0.05, 0) is 53.9 Å². The van der Waals surface area contributed by atoms with Crippen LogP contribution in [0.15, 0.2) is 88.7 Å². The minimum atomic E-state index is -0.278. The van der Waals surface area contributed by atoms with Crippen molar-refractivity contribution in [1.29, 1.82) is 0 Å². The number of carbonyl (C=O) groups excluding carboxylic acids is 2. The predicted octanol–water partition coefficient (Wildman–Crippen LogP) is 5.46. The lowest BCUT2D eigenvalue weighted by Gasteiger charge is -2.15. The Bertz CT molecular complexity index is 1130. The predicted molar refractivity (Wildman–Crippen MR) is 124 cm³/mol. The molecule has 4 nitrogen and oxygen atoms in total. The second-order valence-electron chi connectivity index (χ2n) is 6.99. The number of imide groups is 1. The molecule has 6 heteroatoms. The highest BCUT2D eigenvalue weighted by atomic mass is 35.5. The number of methoxy groups -OCH3 is 1. The number of nitrogens with zero attached hydrogens (tertiary/aromatic N) is 1. The third-order valence-electron chi connectivity index (χ3n) is 5.00. The van der Waals surface area contributed by atoms with Crippen LogP contribution in [-0.2, 0) is 16.0 Å². The summed E-state index contributed by atoms with van der Waals surface area (Å²) in [4.78, 5) is 29.3. The van der Waals surface area contributed by atoms with Crippen LogP contribution < -0.4 is 4.74 Å². The van der Waals surface area contributed by atoms with Crippen LogP contribution in [0, 0.1) is 0 Å². The van der Waals surface area contributed by atoms with Crippen LogP contribution in [-0.4, -0.2) is 30.4 Å². The molecule has 0 bridgehead atoms. The molecule has 1 heterocycles. The fraction of sp³-hybridized carbons (Fsp3) is 0.120. The zero-order valence-corrected chi connectivity index (χ0v) is 18.5. The molecule has 0 saturated carbocycles. The quantitative estimate of drug-likeness (QED) is 0.449. The second-order valence-corrected chi connectivity index (χ2v) is 8.51. The number of amides is 2. The van der Waals surface area contributed by atoms with Crippen molar-refractivity contribution >= 4 is 40.8 Å². The van der Waals surface area contributed by atoms with Gasteiger partial charge in [0.1, 0.15) is 5.75 Å². The average Bonchev–Trinajstić information content (AvgIpc) is 3.03. The summed E-state index contributed by atoms with van der Waals surface area (Å²) >= 11 is 7.34. The lowest BCUT2D eigenvalue weighted by atomic mass is 10.1. The van der Waals surface area contributed by atoms with E-state index in [1.807, 2.05) is 54.6 Å². The maximum Gasteiger partial charge on any atom is 0.268 e. The highest BCUT2D eigenvalue weighted by Crippen LogP contribution is 2.39. The number of ether oxygens (including phenoxy) is 1. The summed E-state index contributed by atoms with van der Waals surface area (Å²) in [5, 5.41) is 0.578. The molecular weight excluding hydrogens is 430 g/mol. The van der Waals surface area contributed by atoms with Gasteiger partial charge in [0.15, 0.2) is 0 Å². The van der Waals surface area contributed by atoms with Crippen molar-refractivity contribution in [1.82, 2.24) is 4.90 Å². The molecule has 2 amide bonds. The van der Waals surface area contributed by atoms with Gasteiger partial charge in [-0.25, -0.2) is 0 Å². The molecule has 3 aromatic rings. The molecule has 31 heavy (non-hydrogen) atoms. The fourth-order valence-corrected chi connectivity index (χ4v) is 4.52. The molecule has 3 aromatic carbocycles. The van der Waals surface area contributed by atoms with Crippen molar-refractivity contribution in [2.75, 3.05) is 13.7 Å². The van der Waals surface area contributed by atoms with Crippen LogP contribution in [0.5, 0.6) is 5.75 Å². The number of rotatable bonds is 7. The van der Waals surface area contributed by atoms with Crippen molar-refractivity contribution in [2.24, 2.45) is 0 Å². The van der Waals surface area contributed by atoms with Crippen molar-refractivity contribution < 1.29 is 14.3 Å². The molecule has 0 saturated heterocycles. The maximum atomic E-state index is 13.3. The van der Waals surface area contributed by atoms with Gasteiger partial charge in [0.25, 0.3) is 11.8 Å². The highest BCUT2D eigenvalue weighted by Gasteiger charge is 2.39. The first kappa shape index (κ1) is 21.2. The Kier molecular flexibility index (Phi) is 6.44. The van der Waals surface area contributed by atoms with Crippen molar-refractivity contribution in [3.05, 3.63) is 99.9 Å². The summed E-state index contributed by atoms with van der Waals surface area (Å²) in [6, 6.07) is 24.2. The summed E-state index contributed by atoms with van der Waals surface area (Å²) in [5.74, 6) is 0.224. The summed E-state index contributed by atoms with van der Waals surface area (Å²) in [7, 11) is 1.62. The first-order valence-electron chi connectivity index (χ1n) is 9.79. The van der Waals surface area contributed by atoms with E-state index in [1.165, 1.54) is 16.7 Å². The van der Waals surface area contributed by atoms with Crippen LogP contribution in [0.1, 0.15) is 11.1 Å². The third kappa shape index (κ3) is 4.68. The van der Waals surface area contributed by atoms with Gasteiger partial charge in [-0.2, -0.15) is 0 Å². The number of thioether (sulfide) groups is 1. The van der Waals surface area contributed by atoms with E-state index in [2.05, 4.69) is 0 Å². The second kappa shape index (κ2) is 9.41. The molecule has 0 aliphatic carbocycles. The SMILES string of the molecule is COc1ccc(CCN2C(=O)C(Sc3ccccc3)=C(c3ccc(Cl)cc3)C2=O)cc1. The molecule has 0 spiro atoms. The standard InChI is InChI=1S/C25H20ClNO3S/c1-30-20-13-7-17(8-14-20)15-16-27-24(28)22(18-9-11-19(26)12-10-18)23(25(27)29)31-21-5-3-2-4-6-21/h2-14H,15-16H2,1H3. The molecular formula is C25H20ClNO3S. The molecule has 4 rings (SSSR count). The number of hydrogen-bond acceptors (Lipinski definition) is 4. The van der Waals surface area contributed by atoms with Crippen LogP contribution in [0.2, 0.25) is 5.02 Å². The largest absolute Gasteiger partial charge is 0.497 e. The lowest BCUT2D eigenvalue weighted by molar-refractivity contribution is -0.136. The first-order chi connectivity index (χ1) is 15.1. The summed E-state index contributed by atoms with van der Waals surface area (Å²) < 4.78 is 5.19. The zero-order chi connectivity index (χ0) is 21.8. The van der Waals surface area contributed by atoms with Crippen LogP contribution in [0.4, 0.5) is 0 Å². The van der Waals surface area contributed by atoms with Crippen LogP contribution >= 0.6 is 23.4 Å². The minimum Gasteiger partial charge on any atom is -0.497 e. The average molecular weight is 450 g/mol. The smallest absolute Gasteiger partial charge is 0.268 e. The van der Waals surface area contributed by atoms with E-state index < -0.39 is 0 Å². The molecule has 0 radical (unpaired) electrons. The monoisotopic (exact) mass is 449 g/mol. The Morgan fingerprint density at radius 2 is 1.55 bits per heavy atom. The molecule has 0 atom stereocenters. The molecule has 1 aliphatic rings. The van der Waals surface area contributed by atoms with Crippen molar-refractivity contribution in [3.63, 3.8) is 0 Å². The van der Waals surface area contributed by atoms with Gasteiger partial charge in [-0.1, -0.05) is 65.8 Å². The Hall–Kier alpha value is -3.02. The topological polar surface area (TPSA) is 46.6 Å². The normalized spacial score (nSPS) is 13.8. The minimum absolute atomic E-state index is 0.266. The Labute approximate surface area is 190 Å². The number of halogens is 1. The summed E-state index contributed by atoms with van der Waals surface area (Å²) in [5.41, 5.74) is 2.14. The first-order valence-corrected chi connectivity index (χ1v) is 11.0. The maximum absolute atomic E-state index is 13.3. The molecule has 0 fully saturated rings. The Balaban J connectivity index is 1.61. The van der Waals surface area contributed by atoms with E-state index in [9.17, 15) is 9.59 Å². The summed E-state index contributed by atoms with van der Waals surface area (Å²) in [6.45, 7) is 0.305. The van der Waals surface area contributed by atoms with Gasteiger partial charge >= 0.3 is 0 Å². The van der Waals surface area contributed by atoms with Gasteiger partial charge in [0, 0.05) is 16.5 Å². The van der Waals surface area contributed by atoms with E-state index in [1.54, 1.807) is 31.4 Å². The van der Waals surface area contributed by atoms with Crippen molar-refractivity contribution in [3.8, 4) is 5.75 Å². The molecule has 156 valence electrons. The van der Waals surface area contributed by atoms with Gasteiger partial charge in [0.2, 0.25) is 0 Å². The zero-order valence-electron chi connectivity index (χ0n) is 16.9. The van der Waals surface area contributed by atoms with Gasteiger partial charge in [0.05, 0.1) is 17.6 Å². The molecule has 0 N–H and O–H groups in total. The molecule has 1 aliphatic heterocycles. The number of benzene rings is 3. The van der Waals surface area contributed by atoms with E-state index in [4.69, 9.17) is 16.3 Å². The summed E-state index contributed by atoms with van der Waals surface area (Å²) in [6.07, 6.45) is 0.568. The lowest BCUT2D eigenvalue weighted by Crippen LogP contribution is -2.33. The molecule has 0 aromatic heterocycles. The third-order valence-corrected chi connectivity index (χ3v) is 6.35. The van der Waals surface area contributed by atoms with Crippen LogP contribution in [0.25, 0.3) is 5.57 Å². The van der Waals surface area contributed by atoms with Crippen LogP contribution in [0.3, 0.4) is 0 Å². The number of hydrogen-bond donors (Lipinski definition) is 0. The van der Waals surface area contributed by atoms with Gasteiger partial charge in [-0.15, -0.1) is 0 Å². The van der Waals surface area contributed by atoms with E-state index in [0.717, 1.165) is 16.2 Å². The van der Waals surface area contributed by atoms with E-state index in [0.29, 0.717) is 34.0 Å². The van der Waals surface area contributed by atoms with Gasteiger partial charge in [-0.3, -0.25) is 14.5 Å². The van der Waals surface area contributed by atoms with E-state index >= 15 is 0 Å². The molecule has 0 unspecified atom stereocenters. The van der Waals surface area contributed by atoms with E-state index in [-0.39, 0.29) is 11.8 Å². The van der Waals surface area contributed by atoms with Gasteiger partial charge < -0.3 is 4.74 Å². The fourth-order valence-electron chi connectivity index (χ4n) is 3.36.